The van der Waals surface area contributed by atoms with Crippen molar-refractivity contribution in [1.29, 1.82) is 0 Å². The van der Waals surface area contributed by atoms with Gasteiger partial charge in [-0.3, -0.25) is 0 Å². The van der Waals surface area contributed by atoms with E-state index in [9.17, 15) is 13.9 Å². The van der Waals surface area contributed by atoms with E-state index in [4.69, 9.17) is 0 Å². The fourth-order valence-electron chi connectivity index (χ4n) is 1.98. The standard InChI is InChI=1S/C15H17F2NOS/c1-10(12-8-11(16)5-6-13(12)17)18-9-15(2,19)14-4-3-7-20-14/h3-8,10,18-19H,9H2,1-2H3. The van der Waals surface area contributed by atoms with Crippen LogP contribution in [0.5, 0.6) is 0 Å². The lowest BCUT2D eigenvalue weighted by Crippen LogP contribution is -2.36. The Kier molecular flexibility index (Phi) is 4.52. The quantitative estimate of drug-likeness (QED) is 0.884. The summed E-state index contributed by atoms with van der Waals surface area (Å²) in [6.45, 7) is 3.69. The maximum Gasteiger partial charge on any atom is 0.128 e. The van der Waals surface area contributed by atoms with E-state index < -0.39 is 23.3 Å². The third-order valence-electron chi connectivity index (χ3n) is 3.23. The summed E-state index contributed by atoms with van der Waals surface area (Å²) in [5.74, 6) is -0.928. The second-order valence-corrected chi connectivity index (χ2v) is 5.97. The zero-order valence-electron chi connectivity index (χ0n) is 11.4. The Bertz CT molecular complexity index is 569. The van der Waals surface area contributed by atoms with Crippen LogP contribution in [0.2, 0.25) is 0 Å². The summed E-state index contributed by atoms with van der Waals surface area (Å²) in [4.78, 5) is 0.830. The maximum absolute atomic E-state index is 13.6. The Morgan fingerprint density at radius 3 is 2.75 bits per heavy atom. The average molecular weight is 297 g/mol. The molecule has 2 nitrogen and oxygen atoms in total. The van der Waals surface area contributed by atoms with E-state index in [2.05, 4.69) is 5.32 Å². The topological polar surface area (TPSA) is 32.3 Å². The summed E-state index contributed by atoms with van der Waals surface area (Å²) in [5.41, 5.74) is -0.779. The first-order valence-corrected chi connectivity index (χ1v) is 7.23. The van der Waals surface area contributed by atoms with Crippen molar-refractivity contribution in [3.05, 3.63) is 57.8 Å². The Morgan fingerprint density at radius 1 is 1.35 bits per heavy atom. The Hall–Kier alpha value is -1.30. The third-order valence-corrected chi connectivity index (χ3v) is 4.35. The molecule has 0 saturated heterocycles. The van der Waals surface area contributed by atoms with Gasteiger partial charge >= 0.3 is 0 Å². The molecule has 0 fully saturated rings. The fraction of sp³-hybridized carbons (Fsp3) is 0.333. The predicted molar refractivity (Wildman–Crippen MR) is 76.7 cm³/mol. The molecule has 0 radical (unpaired) electrons. The van der Waals surface area contributed by atoms with Gasteiger partial charge in [0.05, 0.1) is 0 Å². The van der Waals surface area contributed by atoms with Gasteiger partial charge in [0.1, 0.15) is 17.2 Å². The van der Waals surface area contributed by atoms with Crippen molar-refractivity contribution in [3.63, 3.8) is 0 Å². The van der Waals surface area contributed by atoms with E-state index >= 15 is 0 Å². The maximum atomic E-state index is 13.6. The number of hydrogen-bond acceptors (Lipinski definition) is 3. The van der Waals surface area contributed by atoms with Crippen LogP contribution < -0.4 is 5.32 Å². The highest BCUT2D eigenvalue weighted by atomic mass is 32.1. The average Bonchev–Trinajstić information content (AvgIpc) is 2.93. The molecule has 0 aliphatic carbocycles. The lowest BCUT2D eigenvalue weighted by Gasteiger charge is -2.25. The normalized spacial score (nSPS) is 15.8. The first-order valence-electron chi connectivity index (χ1n) is 6.35. The second-order valence-electron chi connectivity index (χ2n) is 5.02. The number of thiophene rings is 1. The molecule has 0 aliphatic heterocycles. The molecule has 0 amide bonds. The summed E-state index contributed by atoms with van der Waals surface area (Å²) in [6.07, 6.45) is 0. The molecule has 0 spiro atoms. The van der Waals surface area contributed by atoms with Crippen LogP contribution in [0.4, 0.5) is 8.78 Å². The number of benzene rings is 1. The van der Waals surface area contributed by atoms with E-state index in [1.54, 1.807) is 13.8 Å². The van der Waals surface area contributed by atoms with Crippen molar-refractivity contribution < 1.29 is 13.9 Å². The Balaban J connectivity index is 2.05. The zero-order valence-corrected chi connectivity index (χ0v) is 12.2. The molecule has 1 aromatic heterocycles. The zero-order chi connectivity index (χ0) is 14.8. The summed E-state index contributed by atoms with van der Waals surface area (Å²) in [6, 6.07) is 6.70. The van der Waals surface area contributed by atoms with E-state index in [-0.39, 0.29) is 12.1 Å². The van der Waals surface area contributed by atoms with Crippen LogP contribution in [0.25, 0.3) is 0 Å². The molecule has 108 valence electrons. The molecular weight excluding hydrogens is 280 g/mol. The van der Waals surface area contributed by atoms with Gasteiger partial charge in [-0.2, -0.15) is 0 Å². The molecule has 1 heterocycles. The van der Waals surface area contributed by atoms with Crippen LogP contribution >= 0.6 is 11.3 Å². The SMILES string of the molecule is CC(NCC(C)(O)c1cccs1)c1cc(F)ccc1F. The monoisotopic (exact) mass is 297 g/mol. The van der Waals surface area contributed by atoms with Gasteiger partial charge in [0.25, 0.3) is 0 Å². The van der Waals surface area contributed by atoms with Gasteiger partial charge in [-0.15, -0.1) is 11.3 Å². The summed E-state index contributed by atoms with van der Waals surface area (Å²) < 4.78 is 26.8. The minimum atomic E-state index is -1.04. The van der Waals surface area contributed by atoms with Crippen molar-refractivity contribution >= 4 is 11.3 Å². The molecule has 2 atom stereocenters. The van der Waals surface area contributed by atoms with Gasteiger partial charge < -0.3 is 10.4 Å². The highest BCUT2D eigenvalue weighted by Gasteiger charge is 2.25. The first-order chi connectivity index (χ1) is 9.40. The largest absolute Gasteiger partial charge is 0.383 e. The molecule has 0 aliphatic rings. The minimum Gasteiger partial charge on any atom is -0.383 e. The molecule has 0 bridgehead atoms. The second kappa shape index (κ2) is 5.99. The van der Waals surface area contributed by atoms with Gasteiger partial charge in [-0.25, -0.2) is 8.78 Å². The van der Waals surface area contributed by atoms with Crippen molar-refractivity contribution in [2.24, 2.45) is 0 Å². The van der Waals surface area contributed by atoms with Gasteiger partial charge in [0.2, 0.25) is 0 Å². The number of hydrogen-bond donors (Lipinski definition) is 2. The van der Waals surface area contributed by atoms with E-state index in [1.165, 1.54) is 17.4 Å². The molecular formula is C15H17F2NOS. The number of nitrogens with one attached hydrogen (secondary N) is 1. The highest BCUT2D eigenvalue weighted by Crippen LogP contribution is 2.26. The van der Waals surface area contributed by atoms with E-state index in [1.807, 2.05) is 17.5 Å². The van der Waals surface area contributed by atoms with E-state index in [0.29, 0.717) is 0 Å². The minimum absolute atomic E-state index is 0.255. The van der Waals surface area contributed by atoms with Crippen molar-refractivity contribution in [3.8, 4) is 0 Å². The lowest BCUT2D eigenvalue weighted by atomic mass is 10.0. The van der Waals surface area contributed by atoms with Crippen LogP contribution in [-0.2, 0) is 5.60 Å². The van der Waals surface area contributed by atoms with Crippen LogP contribution in [0.15, 0.2) is 35.7 Å². The van der Waals surface area contributed by atoms with Crippen LogP contribution in [0, 0.1) is 11.6 Å². The van der Waals surface area contributed by atoms with Crippen molar-refractivity contribution in [2.45, 2.75) is 25.5 Å². The molecule has 2 rings (SSSR count). The molecule has 20 heavy (non-hydrogen) atoms. The molecule has 1 aromatic carbocycles. The van der Waals surface area contributed by atoms with Gasteiger partial charge in [0.15, 0.2) is 0 Å². The summed E-state index contributed by atoms with van der Waals surface area (Å²) in [5, 5.41) is 15.3. The molecule has 2 aromatic rings. The van der Waals surface area contributed by atoms with Gasteiger partial charge in [0, 0.05) is 23.0 Å². The molecule has 2 unspecified atom stereocenters. The molecule has 2 N–H and O–H groups in total. The van der Waals surface area contributed by atoms with Crippen LogP contribution in [0.3, 0.4) is 0 Å². The predicted octanol–water partition coefficient (Wildman–Crippen LogP) is 3.58. The van der Waals surface area contributed by atoms with E-state index in [0.717, 1.165) is 17.0 Å². The number of aliphatic hydroxyl groups is 1. The Labute approximate surface area is 121 Å². The molecule has 5 heteroatoms. The van der Waals surface area contributed by atoms with Crippen molar-refractivity contribution in [1.82, 2.24) is 5.32 Å². The number of rotatable bonds is 5. The third kappa shape index (κ3) is 3.42. The van der Waals surface area contributed by atoms with Crippen LogP contribution in [-0.4, -0.2) is 11.7 Å². The first kappa shape index (κ1) is 15.1. The Morgan fingerprint density at radius 2 is 2.10 bits per heavy atom. The fourth-order valence-corrected chi connectivity index (χ4v) is 2.77. The lowest BCUT2D eigenvalue weighted by molar-refractivity contribution is 0.0579. The van der Waals surface area contributed by atoms with Gasteiger partial charge in [-0.05, 0) is 43.5 Å². The molecule has 0 saturated carbocycles. The summed E-state index contributed by atoms with van der Waals surface area (Å²) in [7, 11) is 0. The highest BCUT2D eigenvalue weighted by molar-refractivity contribution is 7.10. The summed E-state index contributed by atoms with van der Waals surface area (Å²) >= 11 is 1.46. The van der Waals surface area contributed by atoms with Crippen LogP contribution in [0.1, 0.15) is 30.3 Å². The van der Waals surface area contributed by atoms with Crippen molar-refractivity contribution in [2.75, 3.05) is 6.54 Å². The van der Waals surface area contributed by atoms with Gasteiger partial charge in [-0.1, -0.05) is 6.07 Å². The number of halogens is 2. The smallest absolute Gasteiger partial charge is 0.128 e.